The Kier molecular flexibility index (Phi) is 11.5. The molecule has 248 valence electrons. The molecule has 45 heavy (non-hydrogen) atoms. The molecule has 0 aliphatic carbocycles. The summed E-state index contributed by atoms with van der Waals surface area (Å²) in [6.45, 7) is 13.4. The molecule has 0 aromatic carbocycles. The molecule has 8 atom stereocenters. The van der Waals surface area contributed by atoms with E-state index in [4.69, 9.17) is 14.2 Å². The number of methoxy groups -OCH3 is 1. The van der Waals surface area contributed by atoms with Crippen molar-refractivity contribution in [2.45, 2.75) is 115 Å². The van der Waals surface area contributed by atoms with Crippen LogP contribution in [0.3, 0.4) is 0 Å². The van der Waals surface area contributed by atoms with Crippen molar-refractivity contribution in [2.75, 3.05) is 20.2 Å². The molecule has 2 aliphatic heterocycles. The second-order valence-corrected chi connectivity index (χ2v) is 14.1. The number of aromatic nitrogens is 4. The summed E-state index contributed by atoms with van der Waals surface area (Å²) in [5, 5.41) is 14.9. The summed E-state index contributed by atoms with van der Waals surface area (Å²) >= 11 is 1.51. The zero-order valence-electron chi connectivity index (χ0n) is 27.9. The third kappa shape index (κ3) is 7.77. The van der Waals surface area contributed by atoms with Crippen LogP contribution >= 0.6 is 11.3 Å². The first kappa shape index (κ1) is 35.0. The van der Waals surface area contributed by atoms with Gasteiger partial charge in [-0.05, 0) is 71.7 Å². The molecular weight excluding hydrogens is 595 g/mol. The lowest BCUT2D eigenvalue weighted by atomic mass is 9.67. The van der Waals surface area contributed by atoms with E-state index in [0.717, 1.165) is 23.5 Å². The van der Waals surface area contributed by atoms with Gasteiger partial charge < -0.3 is 19.5 Å². The van der Waals surface area contributed by atoms with Gasteiger partial charge in [0.15, 0.2) is 5.60 Å². The van der Waals surface area contributed by atoms with Crippen molar-refractivity contribution in [2.24, 2.45) is 11.8 Å². The van der Waals surface area contributed by atoms with Crippen LogP contribution in [0.4, 0.5) is 4.79 Å². The van der Waals surface area contributed by atoms with E-state index in [0.29, 0.717) is 32.5 Å². The van der Waals surface area contributed by atoms with Crippen molar-refractivity contribution >= 4 is 37.0 Å². The van der Waals surface area contributed by atoms with Crippen LogP contribution in [-0.4, -0.2) is 100 Å². The van der Waals surface area contributed by atoms with Gasteiger partial charge in [0.05, 0.1) is 17.8 Å². The highest BCUT2D eigenvalue weighted by atomic mass is 32.1. The zero-order valence-corrected chi connectivity index (χ0v) is 28.8. The maximum Gasteiger partial charge on any atom is 0.410 e. The van der Waals surface area contributed by atoms with Crippen molar-refractivity contribution in [1.82, 2.24) is 30.2 Å². The minimum atomic E-state index is -1.12. The molecular formula is C31H49BN6O6S. The number of fused-ring (bicyclic) bond motifs is 1. The van der Waals surface area contributed by atoms with Crippen LogP contribution in [0.25, 0.3) is 10.7 Å². The predicted octanol–water partition coefficient (Wildman–Crippen LogP) is 3.52. The number of Topliss-reactive ketones (excluding diaryl/α,β-unsaturated/α-hetero) is 1. The number of thiazole rings is 1. The van der Waals surface area contributed by atoms with Gasteiger partial charge in [-0.1, -0.05) is 19.1 Å². The lowest BCUT2D eigenvalue weighted by Crippen LogP contribution is -2.60. The number of carbonyl (C=O) groups is 3. The van der Waals surface area contributed by atoms with Crippen LogP contribution < -0.4 is 5.32 Å². The lowest BCUT2D eigenvalue weighted by Gasteiger charge is -2.41. The number of carbonyl (C=O) groups excluding carboxylic acids is 3. The first-order valence-electron chi connectivity index (χ1n) is 16.1. The Balaban J connectivity index is 1.53. The molecule has 4 heterocycles. The number of esters is 1. The Morgan fingerprint density at radius 1 is 1.18 bits per heavy atom. The van der Waals surface area contributed by atoms with Gasteiger partial charge in [0.25, 0.3) is 0 Å². The molecule has 0 bridgehead atoms. The molecule has 0 unspecified atom stereocenters. The first-order valence-corrected chi connectivity index (χ1v) is 17.0. The normalized spacial score (nSPS) is 33.7. The minimum Gasteiger partial charge on any atom is -0.458 e. The highest BCUT2D eigenvalue weighted by Crippen LogP contribution is 2.39. The number of amides is 1. The van der Waals surface area contributed by atoms with Gasteiger partial charge in [-0.3, -0.25) is 19.2 Å². The highest BCUT2D eigenvalue weighted by molar-refractivity contribution is 7.13. The van der Waals surface area contributed by atoms with Crippen LogP contribution in [0.2, 0.25) is 5.82 Å². The SMILES string of the molecule is B[C@@H]1CC(=O)[C@@H](C)C(=O)O[C@H](CC)[C@@]2(C)OC(=O)N(CCCCn3cc(-c4nccs4)nn3)[C@@H]2[C@@H](C)NC[C@H](C)C[C@]1(C)OC. The molecule has 2 saturated heterocycles. The summed E-state index contributed by atoms with van der Waals surface area (Å²) in [6.07, 6.45) is 5.30. The van der Waals surface area contributed by atoms with Gasteiger partial charge in [-0.2, -0.15) is 0 Å². The van der Waals surface area contributed by atoms with Crippen LogP contribution in [-0.2, 0) is 30.3 Å². The average Bonchev–Trinajstić information content (AvgIpc) is 3.76. The first-order chi connectivity index (χ1) is 21.3. The topological polar surface area (TPSA) is 138 Å². The number of hydrogen-bond acceptors (Lipinski definition) is 11. The van der Waals surface area contributed by atoms with Gasteiger partial charge in [0.2, 0.25) is 0 Å². The Labute approximate surface area is 271 Å². The molecule has 0 radical (unpaired) electrons. The minimum absolute atomic E-state index is 0.0953. The monoisotopic (exact) mass is 644 g/mol. The van der Waals surface area contributed by atoms with Crippen molar-refractivity contribution in [3.8, 4) is 10.7 Å². The van der Waals surface area contributed by atoms with E-state index in [2.05, 4.69) is 34.5 Å². The van der Waals surface area contributed by atoms with Crippen LogP contribution in [0.15, 0.2) is 17.8 Å². The second-order valence-electron chi connectivity index (χ2n) is 13.3. The maximum absolute atomic E-state index is 13.5. The number of aryl methyl sites for hydroxylation is 1. The third-order valence-electron chi connectivity index (χ3n) is 9.83. The van der Waals surface area contributed by atoms with Gasteiger partial charge in [0.1, 0.15) is 36.4 Å². The van der Waals surface area contributed by atoms with Crippen molar-refractivity contribution in [3.05, 3.63) is 17.8 Å². The number of nitrogens with one attached hydrogen (secondary N) is 1. The van der Waals surface area contributed by atoms with Gasteiger partial charge in [-0.25, -0.2) is 9.78 Å². The number of ketones is 1. The molecule has 12 nitrogen and oxygen atoms in total. The van der Waals surface area contributed by atoms with Crippen molar-refractivity contribution in [1.29, 1.82) is 0 Å². The molecule has 14 heteroatoms. The largest absolute Gasteiger partial charge is 0.458 e. The van der Waals surface area contributed by atoms with E-state index in [1.807, 2.05) is 40.2 Å². The van der Waals surface area contributed by atoms with E-state index in [9.17, 15) is 14.4 Å². The number of rotatable bonds is 8. The van der Waals surface area contributed by atoms with E-state index >= 15 is 0 Å². The Morgan fingerprint density at radius 3 is 2.58 bits per heavy atom. The number of nitrogens with zero attached hydrogens (tertiary/aromatic N) is 5. The second kappa shape index (κ2) is 14.7. The Bertz CT molecular complexity index is 1310. The fourth-order valence-electron chi connectivity index (χ4n) is 6.82. The summed E-state index contributed by atoms with van der Waals surface area (Å²) in [4.78, 5) is 46.2. The molecule has 2 aromatic rings. The molecule has 2 aromatic heterocycles. The van der Waals surface area contributed by atoms with Crippen molar-refractivity contribution < 1.29 is 28.6 Å². The maximum atomic E-state index is 13.5. The summed E-state index contributed by atoms with van der Waals surface area (Å²) in [5.41, 5.74) is -0.929. The lowest BCUT2D eigenvalue weighted by molar-refractivity contribution is -0.169. The van der Waals surface area contributed by atoms with Gasteiger partial charge >= 0.3 is 12.1 Å². The predicted molar refractivity (Wildman–Crippen MR) is 174 cm³/mol. The van der Waals surface area contributed by atoms with Crippen molar-refractivity contribution in [3.63, 3.8) is 0 Å². The van der Waals surface area contributed by atoms with E-state index < -0.39 is 41.3 Å². The van der Waals surface area contributed by atoms with E-state index in [-0.39, 0.29) is 30.0 Å². The summed E-state index contributed by atoms with van der Waals surface area (Å²) in [5.74, 6) is -1.60. The number of ether oxygens (including phenoxy) is 3. The van der Waals surface area contributed by atoms with Crippen LogP contribution in [0.5, 0.6) is 0 Å². The molecule has 0 saturated carbocycles. The third-order valence-corrected chi connectivity index (χ3v) is 10.6. The Morgan fingerprint density at radius 2 is 1.91 bits per heavy atom. The van der Waals surface area contributed by atoms with Crippen LogP contribution in [0, 0.1) is 11.8 Å². The van der Waals surface area contributed by atoms with E-state index in [1.165, 1.54) is 11.3 Å². The van der Waals surface area contributed by atoms with Crippen LogP contribution in [0.1, 0.15) is 73.6 Å². The average molecular weight is 645 g/mol. The molecule has 1 amide bonds. The standard InChI is InChI=1S/C31H49BN6O6S/c1-8-25-31(6)26(38(29(41)44-31)13-10-9-12-37-18-22(35-36-37)27-33-11-14-45-27)21(4)34-17-19(2)16-30(5,42-7)24(32)15-23(39)20(3)28(40)43-25/h11,14,18-21,24-26,34H,8-10,12-13,15-17,32H2,1-7H3/t19-,20-,21-,24-,25-,26-,30+,31-/m1/s1. The van der Waals surface area contributed by atoms with Gasteiger partial charge in [-0.15, -0.1) is 16.4 Å². The Hall–Kier alpha value is -2.84. The molecule has 2 aliphatic rings. The highest BCUT2D eigenvalue weighted by Gasteiger charge is 2.58. The zero-order chi connectivity index (χ0) is 32.9. The van der Waals surface area contributed by atoms with Gasteiger partial charge in [0, 0.05) is 44.2 Å². The smallest absolute Gasteiger partial charge is 0.410 e. The molecule has 4 rings (SSSR count). The fraction of sp³-hybridized carbons (Fsp3) is 0.742. The molecule has 0 spiro atoms. The number of cyclic esters (lactones) is 1. The van der Waals surface area contributed by atoms with E-state index in [1.54, 1.807) is 29.8 Å². The fourth-order valence-corrected chi connectivity index (χ4v) is 7.40. The quantitative estimate of drug-likeness (QED) is 0.197. The number of hydrogen-bond donors (Lipinski definition) is 1. The number of unbranched alkanes of at least 4 members (excludes halogenated alkanes) is 1. The molecule has 1 N–H and O–H groups in total. The summed E-state index contributed by atoms with van der Waals surface area (Å²) < 4.78 is 19.9. The molecule has 2 fully saturated rings. The summed E-state index contributed by atoms with van der Waals surface area (Å²) in [6, 6.07) is -0.593. The summed E-state index contributed by atoms with van der Waals surface area (Å²) in [7, 11) is 3.68.